The fourth-order valence-electron chi connectivity index (χ4n) is 4.54. The molecule has 198 valence electrons. The minimum absolute atomic E-state index is 0.165. The van der Waals surface area contributed by atoms with Crippen LogP contribution in [-0.4, -0.2) is 66.4 Å². The van der Waals surface area contributed by atoms with E-state index in [1.807, 2.05) is 27.7 Å². The lowest BCUT2D eigenvalue weighted by molar-refractivity contribution is -0.138. The molecule has 1 saturated carbocycles. The summed E-state index contributed by atoms with van der Waals surface area (Å²) in [5.41, 5.74) is 0.116. The SMILES string of the molecule is Cn1nc(COC(F)F)cc1C(=O)Nc1cc(C2CC(N(C(=O)O)C3(C)CC3)CO2)nn1C(C)(C)C. The van der Waals surface area contributed by atoms with Gasteiger partial charge in [-0.05, 0) is 46.6 Å². The summed E-state index contributed by atoms with van der Waals surface area (Å²) in [6, 6.07) is 2.83. The number of hydrogen-bond donors (Lipinski definition) is 2. The summed E-state index contributed by atoms with van der Waals surface area (Å²) in [7, 11) is 1.54. The number of anilines is 1. The second kappa shape index (κ2) is 9.43. The van der Waals surface area contributed by atoms with Crippen molar-refractivity contribution in [1.82, 2.24) is 24.5 Å². The van der Waals surface area contributed by atoms with Crippen molar-refractivity contribution in [2.24, 2.45) is 7.05 Å². The smallest absolute Gasteiger partial charge is 0.408 e. The molecule has 2 aromatic heterocycles. The maximum atomic E-state index is 13.0. The first-order chi connectivity index (χ1) is 16.8. The Labute approximate surface area is 207 Å². The third-order valence-corrected chi connectivity index (χ3v) is 6.56. The van der Waals surface area contributed by atoms with Gasteiger partial charge in [0.15, 0.2) is 0 Å². The third-order valence-electron chi connectivity index (χ3n) is 6.56. The monoisotopic (exact) mass is 510 g/mol. The lowest BCUT2D eigenvalue weighted by Crippen LogP contribution is -2.47. The molecule has 4 rings (SSSR count). The average Bonchev–Trinajstić information content (AvgIpc) is 3.14. The number of aryl methyl sites for hydroxylation is 1. The van der Waals surface area contributed by atoms with Crippen LogP contribution in [0.1, 0.15) is 74.9 Å². The number of nitrogens with zero attached hydrogens (tertiary/aromatic N) is 5. The second-order valence-corrected chi connectivity index (χ2v) is 10.6. The highest BCUT2D eigenvalue weighted by molar-refractivity contribution is 6.02. The molecule has 13 heteroatoms. The van der Waals surface area contributed by atoms with Crippen LogP contribution in [0.2, 0.25) is 0 Å². The number of nitrogens with one attached hydrogen (secondary N) is 1. The lowest BCUT2D eigenvalue weighted by atomic mass is 10.1. The molecule has 2 N–H and O–H groups in total. The Kier molecular flexibility index (Phi) is 6.82. The van der Waals surface area contributed by atoms with Gasteiger partial charge in [-0.3, -0.25) is 14.4 Å². The van der Waals surface area contributed by atoms with Crippen molar-refractivity contribution in [2.75, 3.05) is 11.9 Å². The van der Waals surface area contributed by atoms with Crippen LogP contribution in [-0.2, 0) is 28.7 Å². The molecule has 36 heavy (non-hydrogen) atoms. The number of amides is 2. The zero-order valence-electron chi connectivity index (χ0n) is 21.0. The normalized spacial score (nSPS) is 21.1. The van der Waals surface area contributed by atoms with Gasteiger partial charge in [0.1, 0.15) is 17.6 Å². The van der Waals surface area contributed by atoms with E-state index in [1.165, 1.54) is 22.7 Å². The summed E-state index contributed by atoms with van der Waals surface area (Å²) in [5.74, 6) is -0.0699. The van der Waals surface area contributed by atoms with Crippen molar-refractivity contribution in [3.63, 3.8) is 0 Å². The van der Waals surface area contributed by atoms with Gasteiger partial charge in [-0.2, -0.15) is 19.0 Å². The van der Waals surface area contributed by atoms with Gasteiger partial charge >= 0.3 is 12.7 Å². The minimum Gasteiger partial charge on any atom is -0.465 e. The summed E-state index contributed by atoms with van der Waals surface area (Å²) in [4.78, 5) is 26.4. The quantitative estimate of drug-likeness (QED) is 0.555. The lowest BCUT2D eigenvalue weighted by Gasteiger charge is -2.31. The van der Waals surface area contributed by atoms with E-state index in [4.69, 9.17) is 4.74 Å². The zero-order chi connectivity index (χ0) is 26.4. The first-order valence-electron chi connectivity index (χ1n) is 11.8. The Bertz CT molecular complexity index is 1140. The average molecular weight is 511 g/mol. The molecule has 0 spiro atoms. The molecule has 11 nitrogen and oxygen atoms in total. The maximum Gasteiger partial charge on any atom is 0.408 e. The molecule has 0 bridgehead atoms. The Balaban J connectivity index is 1.52. The zero-order valence-corrected chi connectivity index (χ0v) is 21.0. The van der Waals surface area contributed by atoms with E-state index in [1.54, 1.807) is 10.7 Å². The molecule has 2 unspecified atom stereocenters. The molecule has 1 aliphatic carbocycles. The Morgan fingerprint density at radius 3 is 2.61 bits per heavy atom. The van der Waals surface area contributed by atoms with Gasteiger partial charge in [-0.25, -0.2) is 9.48 Å². The third kappa shape index (κ3) is 5.36. The fraction of sp³-hybridized carbons (Fsp3) is 0.652. The van der Waals surface area contributed by atoms with Gasteiger partial charge in [0.2, 0.25) is 0 Å². The molecule has 2 fully saturated rings. The standard InChI is InChI=1S/C23H32F2N6O5/c1-22(2,3)31-18(26-19(32)16-8-13(27-29(16)5)11-36-20(24)25)10-15(28-31)17-9-14(12-35-17)30(21(33)34)23(4)6-7-23/h8,10,14,17,20H,6-7,9,11-12H2,1-5H3,(H,26,32)(H,33,34). The largest absolute Gasteiger partial charge is 0.465 e. The number of rotatable bonds is 8. The van der Waals surface area contributed by atoms with E-state index >= 15 is 0 Å². The van der Waals surface area contributed by atoms with Crippen molar-refractivity contribution >= 4 is 17.8 Å². The van der Waals surface area contributed by atoms with Crippen molar-refractivity contribution in [3.8, 4) is 0 Å². The topological polar surface area (TPSA) is 124 Å². The highest BCUT2D eigenvalue weighted by atomic mass is 19.3. The van der Waals surface area contributed by atoms with Crippen LogP contribution in [0.25, 0.3) is 0 Å². The minimum atomic E-state index is -2.93. The number of carboxylic acid groups (broad SMARTS) is 1. The summed E-state index contributed by atoms with van der Waals surface area (Å²) >= 11 is 0. The van der Waals surface area contributed by atoms with Crippen LogP contribution in [0.3, 0.4) is 0 Å². The van der Waals surface area contributed by atoms with Gasteiger partial charge in [0.25, 0.3) is 5.91 Å². The summed E-state index contributed by atoms with van der Waals surface area (Å²) in [6.45, 7) is 4.66. The first kappa shape index (κ1) is 26.0. The van der Waals surface area contributed by atoms with Gasteiger partial charge < -0.3 is 19.9 Å². The van der Waals surface area contributed by atoms with Crippen molar-refractivity contribution in [1.29, 1.82) is 0 Å². The Morgan fingerprint density at radius 2 is 2.03 bits per heavy atom. The molecule has 2 amide bonds. The van der Waals surface area contributed by atoms with Crippen LogP contribution in [0.15, 0.2) is 12.1 Å². The van der Waals surface area contributed by atoms with E-state index in [0.717, 1.165) is 12.8 Å². The number of halogens is 2. The molecule has 0 aromatic carbocycles. The van der Waals surface area contributed by atoms with Crippen LogP contribution in [0.5, 0.6) is 0 Å². The van der Waals surface area contributed by atoms with Gasteiger partial charge in [-0.15, -0.1) is 0 Å². The molecule has 2 aromatic rings. The number of aromatic nitrogens is 4. The first-order valence-corrected chi connectivity index (χ1v) is 11.8. The number of carbonyl (C=O) groups is 2. The van der Waals surface area contributed by atoms with E-state index in [2.05, 4.69) is 20.3 Å². The van der Waals surface area contributed by atoms with Crippen LogP contribution >= 0.6 is 0 Å². The number of carbonyl (C=O) groups excluding carboxylic acids is 1. The highest BCUT2D eigenvalue weighted by Gasteiger charge is 2.51. The molecule has 1 aliphatic heterocycles. The van der Waals surface area contributed by atoms with E-state index in [-0.39, 0.29) is 29.6 Å². The number of alkyl halides is 2. The predicted molar refractivity (Wildman–Crippen MR) is 124 cm³/mol. The molecule has 2 atom stereocenters. The van der Waals surface area contributed by atoms with Gasteiger partial charge in [-0.1, -0.05) is 0 Å². The van der Waals surface area contributed by atoms with E-state index in [9.17, 15) is 23.5 Å². The summed E-state index contributed by atoms with van der Waals surface area (Å²) < 4.78 is 37.9. The molecule has 1 saturated heterocycles. The Hall–Kier alpha value is -3.06. The fourth-order valence-corrected chi connectivity index (χ4v) is 4.54. The number of ether oxygens (including phenoxy) is 2. The van der Waals surface area contributed by atoms with Crippen molar-refractivity contribution < 1.29 is 33.0 Å². The summed E-state index contributed by atoms with van der Waals surface area (Å²) in [6.07, 6.45) is 0.754. The highest BCUT2D eigenvalue weighted by Crippen LogP contribution is 2.45. The van der Waals surface area contributed by atoms with E-state index in [0.29, 0.717) is 17.9 Å². The van der Waals surface area contributed by atoms with Gasteiger partial charge in [0, 0.05) is 25.1 Å². The van der Waals surface area contributed by atoms with Crippen molar-refractivity contribution in [2.45, 2.75) is 83.4 Å². The van der Waals surface area contributed by atoms with Crippen LogP contribution in [0.4, 0.5) is 19.4 Å². The van der Waals surface area contributed by atoms with E-state index < -0.39 is 36.9 Å². The Morgan fingerprint density at radius 1 is 1.33 bits per heavy atom. The predicted octanol–water partition coefficient (Wildman–Crippen LogP) is 3.73. The molecular weight excluding hydrogens is 478 g/mol. The number of hydrogen-bond acceptors (Lipinski definition) is 6. The van der Waals surface area contributed by atoms with Crippen LogP contribution in [0, 0.1) is 0 Å². The molecular formula is C23H32F2N6O5. The molecule has 2 aliphatic rings. The second-order valence-electron chi connectivity index (χ2n) is 10.6. The molecule has 0 radical (unpaired) electrons. The molecule has 3 heterocycles. The summed E-state index contributed by atoms with van der Waals surface area (Å²) in [5, 5.41) is 21.3. The van der Waals surface area contributed by atoms with Gasteiger partial charge in [0.05, 0.1) is 36.2 Å². The van der Waals surface area contributed by atoms with Crippen molar-refractivity contribution in [3.05, 3.63) is 29.2 Å². The maximum absolute atomic E-state index is 13.0. The van der Waals surface area contributed by atoms with Crippen LogP contribution < -0.4 is 5.32 Å².